The van der Waals surface area contributed by atoms with E-state index in [1.807, 2.05) is 26.0 Å². The van der Waals surface area contributed by atoms with E-state index in [9.17, 15) is 0 Å². The molecule has 1 nitrogen and oxygen atoms in total. The number of hydrogen-bond donors (Lipinski definition) is 1. The average molecular weight is 138 g/mol. The zero-order valence-electron chi connectivity index (χ0n) is 6.81. The molecule has 10 heavy (non-hydrogen) atoms. The minimum absolute atomic E-state index is 0.359. The van der Waals surface area contributed by atoms with Gasteiger partial charge < -0.3 is 5.11 Å². The van der Waals surface area contributed by atoms with Crippen LogP contribution in [0.2, 0.25) is 0 Å². The first-order chi connectivity index (χ1) is 4.54. The van der Waals surface area contributed by atoms with Crippen LogP contribution in [0.5, 0.6) is 0 Å². The monoisotopic (exact) mass is 138 g/mol. The lowest BCUT2D eigenvalue weighted by molar-refractivity contribution is 0.409. The molecule has 0 saturated carbocycles. The summed E-state index contributed by atoms with van der Waals surface area (Å²) in [5.74, 6) is 0.359. The minimum atomic E-state index is 0.359. The first-order valence-corrected chi connectivity index (χ1v) is 3.24. The third-order valence-electron chi connectivity index (χ3n) is 1.19. The van der Waals surface area contributed by atoms with Crippen LogP contribution in [0.25, 0.3) is 0 Å². The van der Waals surface area contributed by atoms with Crippen molar-refractivity contribution < 1.29 is 5.11 Å². The van der Waals surface area contributed by atoms with E-state index in [0.717, 1.165) is 11.1 Å². The first kappa shape index (κ1) is 9.02. The highest BCUT2D eigenvalue weighted by Crippen LogP contribution is 2.02. The first-order valence-electron chi connectivity index (χ1n) is 3.24. The van der Waals surface area contributed by atoms with Crippen molar-refractivity contribution >= 4 is 0 Å². The van der Waals surface area contributed by atoms with Crippen LogP contribution >= 0.6 is 0 Å². The van der Waals surface area contributed by atoms with Gasteiger partial charge in [0, 0.05) is 0 Å². The number of hydrogen-bond acceptors (Lipinski definition) is 1. The predicted octanol–water partition coefficient (Wildman–Crippen LogP) is 2.97. The van der Waals surface area contributed by atoms with E-state index in [2.05, 4.69) is 6.58 Å². The highest BCUT2D eigenvalue weighted by molar-refractivity contribution is 5.24. The van der Waals surface area contributed by atoms with Gasteiger partial charge in [0.25, 0.3) is 0 Å². The standard InChI is InChI=1S/C9H14O/c1-7(2)5-6-8(3)9(4)10/h5-6,10H,1H2,2-4H3/b6-5-,9-8+. The topological polar surface area (TPSA) is 20.2 Å². The molecule has 0 aliphatic heterocycles. The fourth-order valence-corrected chi connectivity index (χ4v) is 0.388. The highest BCUT2D eigenvalue weighted by atomic mass is 16.3. The third kappa shape index (κ3) is 3.96. The zero-order chi connectivity index (χ0) is 8.15. The van der Waals surface area contributed by atoms with E-state index in [4.69, 9.17) is 5.11 Å². The van der Waals surface area contributed by atoms with Crippen molar-refractivity contribution in [3.05, 3.63) is 35.6 Å². The Balaban J connectivity index is 4.16. The summed E-state index contributed by atoms with van der Waals surface area (Å²) >= 11 is 0. The molecule has 0 bridgehead atoms. The molecule has 0 amide bonds. The van der Waals surface area contributed by atoms with Crippen molar-refractivity contribution in [2.24, 2.45) is 0 Å². The molecule has 0 rings (SSSR count). The third-order valence-corrected chi connectivity index (χ3v) is 1.19. The molecular weight excluding hydrogens is 124 g/mol. The number of allylic oxidation sites excluding steroid dienone is 5. The van der Waals surface area contributed by atoms with E-state index in [1.165, 1.54) is 0 Å². The molecule has 56 valence electrons. The Kier molecular flexibility index (Phi) is 3.55. The number of rotatable bonds is 2. The molecule has 1 N–H and O–H groups in total. The van der Waals surface area contributed by atoms with Gasteiger partial charge in [0.15, 0.2) is 0 Å². The lowest BCUT2D eigenvalue weighted by atomic mass is 10.2. The van der Waals surface area contributed by atoms with Crippen molar-refractivity contribution in [1.82, 2.24) is 0 Å². The van der Waals surface area contributed by atoms with E-state index in [-0.39, 0.29) is 0 Å². The summed E-state index contributed by atoms with van der Waals surface area (Å²) in [6.45, 7) is 9.13. The van der Waals surface area contributed by atoms with Gasteiger partial charge in [-0.05, 0) is 26.3 Å². The molecule has 0 radical (unpaired) electrons. The van der Waals surface area contributed by atoms with Gasteiger partial charge in [-0.25, -0.2) is 0 Å². The van der Waals surface area contributed by atoms with Crippen LogP contribution in [0, 0.1) is 0 Å². The van der Waals surface area contributed by atoms with Gasteiger partial charge in [-0.1, -0.05) is 24.3 Å². The second-order valence-corrected chi connectivity index (χ2v) is 2.45. The van der Waals surface area contributed by atoms with Crippen LogP contribution in [-0.2, 0) is 0 Å². The van der Waals surface area contributed by atoms with Gasteiger partial charge in [-0.2, -0.15) is 0 Å². The molecule has 0 aromatic carbocycles. The fraction of sp³-hybridized carbons (Fsp3) is 0.333. The van der Waals surface area contributed by atoms with Crippen molar-refractivity contribution in [1.29, 1.82) is 0 Å². The summed E-state index contributed by atoms with van der Waals surface area (Å²) in [4.78, 5) is 0. The van der Waals surface area contributed by atoms with Crippen LogP contribution in [-0.4, -0.2) is 5.11 Å². The maximum Gasteiger partial charge on any atom is 0.0920 e. The molecule has 0 atom stereocenters. The molecule has 0 aliphatic rings. The van der Waals surface area contributed by atoms with E-state index < -0.39 is 0 Å². The Bertz CT molecular complexity index is 181. The van der Waals surface area contributed by atoms with Crippen molar-refractivity contribution in [3.63, 3.8) is 0 Å². The molecular formula is C9H14O. The van der Waals surface area contributed by atoms with Gasteiger partial charge in [0.1, 0.15) is 0 Å². The summed E-state index contributed by atoms with van der Waals surface area (Å²) < 4.78 is 0. The SMILES string of the molecule is C=C(C)/C=C\C(C)=C(/C)O. The Labute approximate surface area is 62.4 Å². The second kappa shape index (κ2) is 3.94. The molecule has 1 heteroatoms. The maximum absolute atomic E-state index is 8.93. The van der Waals surface area contributed by atoms with Gasteiger partial charge in [0.2, 0.25) is 0 Å². The van der Waals surface area contributed by atoms with Crippen LogP contribution in [0.3, 0.4) is 0 Å². The molecule has 0 heterocycles. The summed E-state index contributed by atoms with van der Waals surface area (Å²) in [5.41, 5.74) is 1.86. The molecule has 0 spiro atoms. The molecule has 0 aromatic rings. The van der Waals surface area contributed by atoms with Crippen molar-refractivity contribution in [2.75, 3.05) is 0 Å². The summed E-state index contributed by atoms with van der Waals surface area (Å²) in [5, 5.41) is 8.93. The molecule has 0 fully saturated rings. The highest BCUT2D eigenvalue weighted by Gasteiger charge is 1.86. The summed E-state index contributed by atoms with van der Waals surface area (Å²) in [6, 6.07) is 0. The minimum Gasteiger partial charge on any atom is -0.512 e. The Morgan fingerprint density at radius 3 is 2.00 bits per heavy atom. The quantitative estimate of drug-likeness (QED) is 0.459. The van der Waals surface area contributed by atoms with Crippen LogP contribution in [0.4, 0.5) is 0 Å². The van der Waals surface area contributed by atoms with Crippen molar-refractivity contribution in [3.8, 4) is 0 Å². The normalized spacial score (nSPS) is 13.5. The summed E-state index contributed by atoms with van der Waals surface area (Å²) in [7, 11) is 0. The van der Waals surface area contributed by atoms with Crippen molar-refractivity contribution in [2.45, 2.75) is 20.8 Å². The van der Waals surface area contributed by atoms with Gasteiger partial charge in [0.05, 0.1) is 5.76 Å². The van der Waals surface area contributed by atoms with Crippen LogP contribution in [0.1, 0.15) is 20.8 Å². The molecule has 0 unspecified atom stereocenters. The smallest absolute Gasteiger partial charge is 0.0920 e. The lowest BCUT2D eigenvalue weighted by Crippen LogP contribution is -1.76. The molecule has 0 aromatic heterocycles. The second-order valence-electron chi connectivity index (χ2n) is 2.45. The van der Waals surface area contributed by atoms with E-state index in [0.29, 0.717) is 5.76 Å². The number of aliphatic hydroxyl groups is 1. The van der Waals surface area contributed by atoms with Gasteiger partial charge in [-0.3, -0.25) is 0 Å². The van der Waals surface area contributed by atoms with E-state index in [1.54, 1.807) is 6.92 Å². The largest absolute Gasteiger partial charge is 0.512 e. The Morgan fingerprint density at radius 1 is 1.20 bits per heavy atom. The zero-order valence-corrected chi connectivity index (χ0v) is 6.81. The predicted molar refractivity (Wildman–Crippen MR) is 45.0 cm³/mol. The Morgan fingerprint density at radius 2 is 1.70 bits per heavy atom. The van der Waals surface area contributed by atoms with Gasteiger partial charge >= 0.3 is 0 Å². The molecule has 0 aliphatic carbocycles. The summed E-state index contributed by atoms with van der Waals surface area (Å²) in [6.07, 6.45) is 3.72. The van der Waals surface area contributed by atoms with Crippen LogP contribution in [0.15, 0.2) is 35.6 Å². The average Bonchev–Trinajstić information content (AvgIpc) is 1.82. The van der Waals surface area contributed by atoms with Crippen LogP contribution < -0.4 is 0 Å². The van der Waals surface area contributed by atoms with Gasteiger partial charge in [-0.15, -0.1) is 0 Å². The molecule has 0 saturated heterocycles. The fourth-order valence-electron chi connectivity index (χ4n) is 0.388. The van der Waals surface area contributed by atoms with E-state index >= 15 is 0 Å². The lowest BCUT2D eigenvalue weighted by Gasteiger charge is -1.93. The maximum atomic E-state index is 8.93. The number of aliphatic hydroxyl groups excluding tert-OH is 1. The Hall–Kier alpha value is -0.980.